The van der Waals surface area contributed by atoms with Gasteiger partial charge in [0, 0.05) is 23.3 Å². The zero-order valence-electron chi connectivity index (χ0n) is 17.4. The van der Waals surface area contributed by atoms with Crippen LogP contribution in [0.2, 0.25) is 0 Å². The quantitative estimate of drug-likeness (QED) is 0.560. The number of hydrogen-bond donors (Lipinski definition) is 1. The summed E-state index contributed by atoms with van der Waals surface area (Å²) in [4.78, 5) is 20.3. The molecule has 30 heavy (non-hydrogen) atoms. The fraction of sp³-hybridized carbons (Fsp3) is 0.348. The van der Waals surface area contributed by atoms with Gasteiger partial charge >= 0.3 is 0 Å². The van der Waals surface area contributed by atoms with Crippen molar-refractivity contribution in [1.29, 1.82) is 0 Å². The van der Waals surface area contributed by atoms with Crippen molar-refractivity contribution in [3.8, 4) is 17.0 Å². The number of ether oxygens (including phenoxy) is 2. The van der Waals surface area contributed by atoms with Gasteiger partial charge in [0.1, 0.15) is 0 Å². The second-order valence-corrected chi connectivity index (χ2v) is 7.90. The maximum absolute atomic E-state index is 12.8. The minimum Gasteiger partial charge on any atom is -0.481 e. The molecule has 0 unspecified atom stereocenters. The molecule has 5 rings (SSSR count). The Labute approximate surface area is 173 Å². The first-order chi connectivity index (χ1) is 14.6. The Morgan fingerprint density at radius 3 is 2.87 bits per heavy atom. The van der Waals surface area contributed by atoms with Crippen molar-refractivity contribution in [2.75, 3.05) is 20.3 Å². The molecule has 1 saturated heterocycles. The summed E-state index contributed by atoms with van der Waals surface area (Å²) in [5, 5.41) is 6.12. The van der Waals surface area contributed by atoms with Crippen molar-refractivity contribution in [3.05, 3.63) is 52.1 Å². The third-order valence-electron chi connectivity index (χ3n) is 5.84. The van der Waals surface area contributed by atoms with E-state index >= 15 is 0 Å². The molecule has 7 nitrogen and oxygen atoms in total. The molecule has 0 radical (unpaired) electrons. The zero-order chi connectivity index (χ0) is 20.8. The summed E-state index contributed by atoms with van der Waals surface area (Å²) in [7, 11) is 1.63. The van der Waals surface area contributed by atoms with Gasteiger partial charge in [-0.1, -0.05) is 12.1 Å². The smallest absolute Gasteiger partial charge is 0.259 e. The van der Waals surface area contributed by atoms with Gasteiger partial charge in [0.25, 0.3) is 5.56 Å². The highest BCUT2D eigenvalue weighted by molar-refractivity contribution is 6.04. The van der Waals surface area contributed by atoms with Crippen molar-refractivity contribution in [1.82, 2.24) is 19.7 Å². The summed E-state index contributed by atoms with van der Waals surface area (Å²) in [5.41, 5.74) is 5.36. The second kappa shape index (κ2) is 7.25. The summed E-state index contributed by atoms with van der Waals surface area (Å²) >= 11 is 0. The van der Waals surface area contributed by atoms with E-state index in [0.717, 1.165) is 58.3 Å². The molecule has 4 heterocycles. The van der Waals surface area contributed by atoms with Crippen LogP contribution in [0.3, 0.4) is 0 Å². The van der Waals surface area contributed by atoms with E-state index < -0.39 is 0 Å². The molecule has 0 amide bonds. The number of H-pyrrole nitrogens is 1. The van der Waals surface area contributed by atoms with Crippen molar-refractivity contribution in [2.45, 2.75) is 32.7 Å². The predicted molar refractivity (Wildman–Crippen MR) is 116 cm³/mol. The number of fused-ring (bicyclic) bond motifs is 3. The summed E-state index contributed by atoms with van der Waals surface area (Å²) in [6.45, 7) is 5.39. The van der Waals surface area contributed by atoms with Crippen molar-refractivity contribution in [3.63, 3.8) is 0 Å². The topological polar surface area (TPSA) is 82.0 Å². The monoisotopic (exact) mass is 404 g/mol. The number of methoxy groups -OCH3 is 1. The molecule has 1 atom stereocenters. The molecule has 1 fully saturated rings. The van der Waals surface area contributed by atoms with E-state index in [2.05, 4.69) is 21.1 Å². The summed E-state index contributed by atoms with van der Waals surface area (Å²) in [6, 6.07) is 8.27. The molecule has 4 aromatic rings. The Morgan fingerprint density at radius 2 is 2.10 bits per heavy atom. The summed E-state index contributed by atoms with van der Waals surface area (Å²) in [5.74, 6) is 0.583. The zero-order valence-corrected chi connectivity index (χ0v) is 17.4. The fourth-order valence-corrected chi connectivity index (χ4v) is 4.49. The highest BCUT2D eigenvalue weighted by Gasteiger charge is 2.21. The average molecular weight is 404 g/mol. The number of aromatic amines is 1. The van der Waals surface area contributed by atoms with Crippen LogP contribution < -0.4 is 10.3 Å². The van der Waals surface area contributed by atoms with Crippen molar-refractivity contribution >= 4 is 21.8 Å². The van der Waals surface area contributed by atoms with Gasteiger partial charge in [-0.05, 0) is 49.9 Å². The normalized spacial score (nSPS) is 17.0. The van der Waals surface area contributed by atoms with Gasteiger partial charge < -0.3 is 14.5 Å². The number of pyridine rings is 2. The van der Waals surface area contributed by atoms with Crippen LogP contribution in [0.4, 0.5) is 0 Å². The van der Waals surface area contributed by atoms with Crippen LogP contribution in [0.15, 0.2) is 35.3 Å². The molecule has 154 valence electrons. The molecule has 0 bridgehead atoms. The van der Waals surface area contributed by atoms with Gasteiger partial charge in [-0.25, -0.2) is 4.98 Å². The lowest BCUT2D eigenvalue weighted by atomic mass is 9.99. The largest absolute Gasteiger partial charge is 0.481 e. The lowest BCUT2D eigenvalue weighted by Crippen LogP contribution is -2.22. The van der Waals surface area contributed by atoms with E-state index in [1.807, 2.05) is 36.7 Å². The molecule has 1 aromatic carbocycles. The van der Waals surface area contributed by atoms with Gasteiger partial charge in [0.05, 0.1) is 42.4 Å². The predicted octanol–water partition coefficient (Wildman–Crippen LogP) is 3.92. The molecule has 0 saturated carbocycles. The third-order valence-corrected chi connectivity index (χ3v) is 5.84. The second-order valence-electron chi connectivity index (χ2n) is 7.90. The van der Waals surface area contributed by atoms with Gasteiger partial charge in [-0.3, -0.25) is 9.48 Å². The number of hydrogen-bond acceptors (Lipinski definition) is 5. The Kier molecular flexibility index (Phi) is 4.55. The number of aromatic nitrogens is 4. The molecular weight excluding hydrogens is 380 g/mol. The average Bonchev–Trinajstić information content (AvgIpc) is 3.19. The molecule has 1 N–H and O–H groups in total. The van der Waals surface area contributed by atoms with Gasteiger partial charge in [-0.2, -0.15) is 5.10 Å². The number of aryl methyl sites for hydroxylation is 2. The number of rotatable bonds is 3. The molecule has 3 aromatic heterocycles. The van der Waals surface area contributed by atoms with Crippen LogP contribution >= 0.6 is 0 Å². The fourth-order valence-electron chi connectivity index (χ4n) is 4.49. The first-order valence-corrected chi connectivity index (χ1v) is 10.2. The van der Waals surface area contributed by atoms with Gasteiger partial charge in [0.2, 0.25) is 5.88 Å². The van der Waals surface area contributed by atoms with Crippen LogP contribution in [-0.4, -0.2) is 40.1 Å². The van der Waals surface area contributed by atoms with E-state index in [4.69, 9.17) is 9.47 Å². The Hall–Kier alpha value is -3.19. The SMILES string of the molecule is COc1nc(C)cc(C)c1-c1ccc2c(c1)[nH]c(=O)c1cnn([C@@H]3CCCOC3)c12. The van der Waals surface area contributed by atoms with Crippen LogP contribution in [0.1, 0.15) is 30.1 Å². The lowest BCUT2D eigenvalue weighted by Gasteiger charge is -2.23. The molecule has 0 aliphatic carbocycles. The number of nitrogens with zero attached hydrogens (tertiary/aromatic N) is 3. The molecule has 1 aliphatic heterocycles. The highest BCUT2D eigenvalue weighted by Crippen LogP contribution is 2.35. The van der Waals surface area contributed by atoms with Crippen molar-refractivity contribution in [2.24, 2.45) is 0 Å². The standard InChI is InChI=1S/C23H24N4O3/c1-13-9-14(2)25-23(29-3)20(13)15-6-7-17-19(10-15)26-22(28)18-11-24-27(21(17)18)16-5-4-8-30-12-16/h6-7,9-11,16H,4-5,8,12H2,1-3H3,(H,26,28)/t16-/m1/s1. The first-order valence-electron chi connectivity index (χ1n) is 10.2. The maximum Gasteiger partial charge on any atom is 0.259 e. The van der Waals surface area contributed by atoms with Crippen LogP contribution in [0.25, 0.3) is 32.9 Å². The molecule has 0 spiro atoms. The van der Waals surface area contributed by atoms with Gasteiger partial charge in [-0.15, -0.1) is 0 Å². The third kappa shape index (κ3) is 2.97. The highest BCUT2D eigenvalue weighted by atomic mass is 16.5. The van der Waals surface area contributed by atoms with E-state index in [1.165, 1.54) is 0 Å². The van der Waals surface area contributed by atoms with E-state index in [1.54, 1.807) is 13.3 Å². The molecular formula is C23H24N4O3. The van der Waals surface area contributed by atoms with E-state index in [9.17, 15) is 4.79 Å². The Bertz CT molecular complexity index is 1320. The number of benzene rings is 1. The van der Waals surface area contributed by atoms with Crippen LogP contribution in [-0.2, 0) is 4.74 Å². The molecule has 1 aliphatic rings. The van der Waals surface area contributed by atoms with E-state index in [0.29, 0.717) is 17.9 Å². The lowest BCUT2D eigenvalue weighted by molar-refractivity contribution is 0.0565. The first kappa shape index (κ1) is 18.8. The maximum atomic E-state index is 12.8. The Balaban J connectivity index is 1.73. The molecule has 7 heteroatoms. The van der Waals surface area contributed by atoms with E-state index in [-0.39, 0.29) is 11.6 Å². The van der Waals surface area contributed by atoms with Crippen molar-refractivity contribution < 1.29 is 9.47 Å². The van der Waals surface area contributed by atoms with Crippen LogP contribution in [0.5, 0.6) is 5.88 Å². The minimum absolute atomic E-state index is 0.136. The number of nitrogens with one attached hydrogen (secondary N) is 1. The van der Waals surface area contributed by atoms with Gasteiger partial charge in [0.15, 0.2) is 0 Å². The minimum atomic E-state index is -0.136. The summed E-state index contributed by atoms with van der Waals surface area (Å²) < 4.78 is 13.2. The Morgan fingerprint density at radius 1 is 1.23 bits per heavy atom. The van der Waals surface area contributed by atoms with Crippen LogP contribution in [0, 0.1) is 13.8 Å². The summed E-state index contributed by atoms with van der Waals surface area (Å²) in [6.07, 6.45) is 3.65.